The zero-order valence-electron chi connectivity index (χ0n) is 22.1. The molecule has 0 bridgehead atoms. The summed E-state index contributed by atoms with van der Waals surface area (Å²) >= 11 is 5.84. The van der Waals surface area contributed by atoms with Gasteiger partial charge in [-0.05, 0) is 44.0 Å². The van der Waals surface area contributed by atoms with Crippen LogP contribution in [-0.2, 0) is 24.1 Å². The van der Waals surface area contributed by atoms with Crippen molar-refractivity contribution >= 4 is 45.9 Å². The SMILES string of the molecule is C[C@@H]1C[C@H](N2Cc3cnc(Nc4ccc(Cl)c(OC(F)(F)F)c4)nc3C2)CCN1C(=O)c1ccnc(NS(C)=O)c1. The summed E-state index contributed by atoms with van der Waals surface area (Å²) in [4.78, 5) is 30.4. The number of likely N-dealkylation sites (tertiary alicyclic amines) is 1. The van der Waals surface area contributed by atoms with Crippen LogP contribution in [0.2, 0.25) is 5.02 Å². The number of hydrogen-bond donors (Lipinski definition) is 2. The molecule has 1 unspecified atom stereocenters. The van der Waals surface area contributed by atoms with Crippen molar-refractivity contribution in [2.24, 2.45) is 0 Å². The van der Waals surface area contributed by atoms with E-state index in [1.807, 2.05) is 11.8 Å². The molecule has 2 aliphatic rings. The van der Waals surface area contributed by atoms with E-state index in [9.17, 15) is 22.2 Å². The van der Waals surface area contributed by atoms with E-state index in [1.54, 1.807) is 18.3 Å². The fourth-order valence-corrected chi connectivity index (χ4v) is 5.69. The molecule has 10 nitrogen and oxygen atoms in total. The van der Waals surface area contributed by atoms with Gasteiger partial charge in [-0.15, -0.1) is 13.2 Å². The highest BCUT2D eigenvalue weighted by Crippen LogP contribution is 2.34. The van der Waals surface area contributed by atoms with Crippen molar-refractivity contribution in [1.29, 1.82) is 0 Å². The van der Waals surface area contributed by atoms with E-state index >= 15 is 0 Å². The lowest BCUT2D eigenvalue weighted by Crippen LogP contribution is -2.50. The molecular formula is C26H27ClF3N7O3S. The highest BCUT2D eigenvalue weighted by atomic mass is 35.5. The maximum atomic E-state index is 13.2. The van der Waals surface area contributed by atoms with Crippen LogP contribution in [0.1, 0.15) is 41.4 Å². The molecule has 218 valence electrons. The summed E-state index contributed by atoms with van der Waals surface area (Å²) in [6.07, 6.45) is 1.43. The first-order valence-electron chi connectivity index (χ1n) is 12.7. The lowest BCUT2D eigenvalue weighted by atomic mass is 9.96. The van der Waals surface area contributed by atoms with Gasteiger partial charge in [0.2, 0.25) is 5.95 Å². The molecule has 0 spiro atoms. The van der Waals surface area contributed by atoms with Crippen LogP contribution < -0.4 is 14.8 Å². The van der Waals surface area contributed by atoms with Crippen LogP contribution in [0.4, 0.5) is 30.6 Å². The maximum Gasteiger partial charge on any atom is 0.573 e. The summed E-state index contributed by atoms with van der Waals surface area (Å²) in [6, 6.07) is 7.45. The van der Waals surface area contributed by atoms with Gasteiger partial charge >= 0.3 is 6.36 Å². The van der Waals surface area contributed by atoms with E-state index in [-0.39, 0.29) is 29.0 Å². The average molecular weight is 610 g/mol. The molecular weight excluding hydrogens is 583 g/mol. The number of piperidine rings is 1. The predicted molar refractivity (Wildman–Crippen MR) is 148 cm³/mol. The standard InChI is InChI=1S/C26H27ClF3N7O3S/c1-15-9-19(6-8-37(15)24(38)16-5-7-31-23(10-16)35-41(2)39)36-13-17-12-32-25(34-21(17)14-36)33-18-3-4-20(27)22(11-18)40-26(28,29)30/h3-5,7,10-12,15,19H,6,8-9,13-14H2,1-2H3,(H,31,35)(H,32,33,34)/t15-,19-,41?/m1/s1. The fourth-order valence-electron chi connectivity index (χ4n) is 5.12. The third-order valence-corrected chi connectivity index (χ3v) is 7.78. The minimum absolute atomic E-state index is 0.00354. The van der Waals surface area contributed by atoms with E-state index < -0.39 is 23.1 Å². The number of carbonyl (C=O) groups is 1. The first-order chi connectivity index (χ1) is 19.4. The maximum absolute atomic E-state index is 13.2. The van der Waals surface area contributed by atoms with Gasteiger partial charge in [0.15, 0.2) is 0 Å². The van der Waals surface area contributed by atoms with Gasteiger partial charge in [0.1, 0.15) is 22.6 Å². The number of amides is 1. The molecule has 0 radical (unpaired) electrons. The van der Waals surface area contributed by atoms with E-state index in [2.05, 4.69) is 34.6 Å². The van der Waals surface area contributed by atoms with Gasteiger partial charge in [0, 0.05) is 73.2 Å². The van der Waals surface area contributed by atoms with Crippen molar-refractivity contribution < 1.29 is 26.9 Å². The zero-order chi connectivity index (χ0) is 29.3. The van der Waals surface area contributed by atoms with Gasteiger partial charge < -0.3 is 15.0 Å². The zero-order valence-corrected chi connectivity index (χ0v) is 23.7. The van der Waals surface area contributed by atoms with E-state index in [1.165, 1.54) is 24.6 Å². The van der Waals surface area contributed by atoms with Crippen LogP contribution in [0.3, 0.4) is 0 Å². The molecule has 2 aromatic heterocycles. The molecule has 1 fully saturated rings. The third kappa shape index (κ3) is 7.05. The first-order valence-corrected chi connectivity index (χ1v) is 14.7. The smallest absolute Gasteiger partial charge is 0.404 e. The molecule has 41 heavy (non-hydrogen) atoms. The highest BCUT2D eigenvalue weighted by molar-refractivity contribution is 7.85. The van der Waals surface area contributed by atoms with Crippen LogP contribution in [0.15, 0.2) is 42.7 Å². The van der Waals surface area contributed by atoms with Crippen LogP contribution >= 0.6 is 11.6 Å². The van der Waals surface area contributed by atoms with E-state index in [0.717, 1.165) is 30.2 Å². The van der Waals surface area contributed by atoms with Gasteiger partial charge in [0.05, 0.1) is 10.7 Å². The van der Waals surface area contributed by atoms with Gasteiger partial charge in [0.25, 0.3) is 5.91 Å². The van der Waals surface area contributed by atoms with Gasteiger partial charge in [-0.3, -0.25) is 14.4 Å². The Balaban J connectivity index is 1.20. The molecule has 1 amide bonds. The van der Waals surface area contributed by atoms with Crippen molar-refractivity contribution in [1.82, 2.24) is 24.8 Å². The number of halogens is 4. The Bertz CT molecular complexity index is 1480. The highest BCUT2D eigenvalue weighted by Gasteiger charge is 2.35. The second-order valence-electron chi connectivity index (χ2n) is 9.90. The number of carbonyl (C=O) groups excluding carboxylic acids is 1. The number of aromatic nitrogens is 3. The number of alkyl halides is 3. The van der Waals surface area contributed by atoms with Crippen LogP contribution in [0.5, 0.6) is 5.75 Å². The molecule has 1 saturated heterocycles. The van der Waals surface area contributed by atoms with Gasteiger partial charge in [-0.1, -0.05) is 11.6 Å². The number of anilines is 3. The normalized spacial score (nSPS) is 19.9. The molecule has 0 aliphatic carbocycles. The molecule has 2 aliphatic heterocycles. The molecule has 4 heterocycles. The summed E-state index contributed by atoms with van der Waals surface area (Å²) in [5.41, 5.74) is 2.60. The summed E-state index contributed by atoms with van der Waals surface area (Å²) in [7, 11) is -1.29. The Kier molecular flexibility index (Phi) is 8.34. The van der Waals surface area contributed by atoms with E-state index in [0.29, 0.717) is 36.7 Å². The number of fused-ring (bicyclic) bond motifs is 1. The van der Waals surface area contributed by atoms with Crippen molar-refractivity contribution in [3.8, 4) is 5.75 Å². The average Bonchev–Trinajstić information content (AvgIpc) is 3.33. The number of hydrogen-bond acceptors (Lipinski definition) is 8. The van der Waals surface area contributed by atoms with Crippen LogP contribution in [0, 0.1) is 0 Å². The number of rotatable bonds is 7. The van der Waals surface area contributed by atoms with Crippen molar-refractivity contribution in [2.45, 2.75) is 51.3 Å². The van der Waals surface area contributed by atoms with Crippen molar-refractivity contribution in [3.05, 3.63) is 64.6 Å². The minimum atomic E-state index is -4.87. The second-order valence-corrected chi connectivity index (χ2v) is 11.4. The Morgan fingerprint density at radius 1 is 1.20 bits per heavy atom. The third-order valence-electron chi connectivity index (χ3n) is 6.97. The quantitative estimate of drug-likeness (QED) is 0.390. The molecule has 1 aromatic carbocycles. The van der Waals surface area contributed by atoms with Gasteiger partial charge in [-0.2, -0.15) is 0 Å². The number of pyridine rings is 1. The number of benzene rings is 1. The lowest BCUT2D eigenvalue weighted by Gasteiger charge is -2.41. The van der Waals surface area contributed by atoms with Crippen molar-refractivity contribution in [3.63, 3.8) is 0 Å². The summed E-state index contributed by atoms with van der Waals surface area (Å²) in [5, 5.41) is 2.75. The molecule has 0 saturated carbocycles. The second kappa shape index (κ2) is 11.8. The number of nitrogens with one attached hydrogen (secondary N) is 2. The Hall–Kier alpha value is -3.49. The first kappa shape index (κ1) is 29.0. The summed E-state index contributed by atoms with van der Waals surface area (Å²) < 4.78 is 56.2. The lowest BCUT2D eigenvalue weighted by molar-refractivity contribution is -0.274. The van der Waals surface area contributed by atoms with Crippen LogP contribution in [0.25, 0.3) is 0 Å². The molecule has 2 N–H and O–H groups in total. The molecule has 3 atom stereocenters. The minimum Gasteiger partial charge on any atom is -0.404 e. The summed E-state index contributed by atoms with van der Waals surface area (Å²) in [6.45, 7) is 3.87. The number of nitrogens with zero attached hydrogens (tertiary/aromatic N) is 5. The van der Waals surface area contributed by atoms with Crippen LogP contribution in [-0.4, -0.2) is 66.1 Å². The molecule has 3 aromatic rings. The van der Waals surface area contributed by atoms with Gasteiger partial charge in [-0.25, -0.2) is 19.2 Å². The van der Waals surface area contributed by atoms with Crippen molar-refractivity contribution in [2.75, 3.05) is 22.8 Å². The Morgan fingerprint density at radius 3 is 2.73 bits per heavy atom. The van der Waals surface area contributed by atoms with E-state index in [4.69, 9.17) is 11.6 Å². The molecule has 5 rings (SSSR count). The monoisotopic (exact) mass is 609 g/mol. The topological polar surface area (TPSA) is 113 Å². The number of ether oxygens (including phenoxy) is 1. The largest absolute Gasteiger partial charge is 0.573 e. The Labute approximate surface area is 241 Å². The molecule has 15 heteroatoms. The summed E-state index contributed by atoms with van der Waals surface area (Å²) in [5.74, 6) is 0.0161. The predicted octanol–water partition coefficient (Wildman–Crippen LogP) is 4.88. The Morgan fingerprint density at radius 2 is 2.00 bits per heavy atom. The fraction of sp³-hybridized carbons (Fsp3) is 0.385.